The van der Waals surface area contributed by atoms with E-state index in [1.807, 2.05) is 49.4 Å². The van der Waals surface area contributed by atoms with Crippen molar-refractivity contribution in [3.8, 4) is 0 Å². The Balaban J connectivity index is 2.10. The lowest BCUT2D eigenvalue weighted by Gasteiger charge is -2.16. The van der Waals surface area contributed by atoms with Crippen molar-refractivity contribution >= 4 is 5.91 Å². The molecule has 98 valence electrons. The average Bonchev–Trinajstić information content (AvgIpc) is 2.46. The summed E-state index contributed by atoms with van der Waals surface area (Å²) in [5.74, 6) is -0.178. The number of amides is 1. The molecule has 0 saturated heterocycles. The molecule has 2 aromatic carbocycles. The van der Waals surface area contributed by atoms with Gasteiger partial charge in [0.2, 0.25) is 0 Å². The molecule has 2 N–H and O–H groups in total. The largest absolute Gasteiger partial charge is 0.394 e. The van der Waals surface area contributed by atoms with Crippen molar-refractivity contribution in [1.82, 2.24) is 5.32 Å². The van der Waals surface area contributed by atoms with Crippen molar-refractivity contribution in [3.63, 3.8) is 0 Å². The van der Waals surface area contributed by atoms with Gasteiger partial charge in [-0.25, -0.2) is 0 Å². The van der Waals surface area contributed by atoms with Crippen molar-refractivity contribution in [2.75, 3.05) is 6.61 Å². The third kappa shape index (κ3) is 3.42. The topological polar surface area (TPSA) is 49.3 Å². The summed E-state index contributed by atoms with van der Waals surface area (Å²) in [6, 6.07) is 16.4. The molecule has 0 bridgehead atoms. The molecule has 0 aliphatic rings. The Morgan fingerprint density at radius 1 is 1.11 bits per heavy atom. The Hall–Kier alpha value is -2.13. The highest BCUT2D eigenvalue weighted by atomic mass is 16.3. The van der Waals surface area contributed by atoms with E-state index < -0.39 is 0 Å². The van der Waals surface area contributed by atoms with Crippen LogP contribution in [0.4, 0.5) is 0 Å². The molecule has 0 spiro atoms. The van der Waals surface area contributed by atoms with E-state index >= 15 is 0 Å². The van der Waals surface area contributed by atoms with Crippen molar-refractivity contribution < 1.29 is 9.90 Å². The number of rotatable bonds is 4. The zero-order chi connectivity index (χ0) is 13.7. The van der Waals surface area contributed by atoms with Crippen LogP contribution in [0.5, 0.6) is 0 Å². The van der Waals surface area contributed by atoms with Gasteiger partial charge in [0.05, 0.1) is 12.6 Å². The maximum Gasteiger partial charge on any atom is 0.251 e. The van der Waals surface area contributed by atoms with Gasteiger partial charge >= 0.3 is 0 Å². The molecule has 0 aliphatic heterocycles. The van der Waals surface area contributed by atoms with Crippen LogP contribution in [-0.4, -0.2) is 17.6 Å². The summed E-state index contributed by atoms with van der Waals surface area (Å²) in [6.07, 6.45) is 0. The smallest absolute Gasteiger partial charge is 0.251 e. The number of carbonyl (C=O) groups excluding carboxylic acids is 1. The van der Waals surface area contributed by atoms with Gasteiger partial charge in [0.25, 0.3) is 5.91 Å². The van der Waals surface area contributed by atoms with Gasteiger partial charge in [0.1, 0.15) is 0 Å². The number of nitrogens with one attached hydrogen (secondary N) is 1. The van der Waals surface area contributed by atoms with Crippen LogP contribution in [-0.2, 0) is 0 Å². The van der Waals surface area contributed by atoms with Crippen LogP contribution in [0, 0.1) is 6.92 Å². The molecule has 0 unspecified atom stereocenters. The van der Waals surface area contributed by atoms with Crippen molar-refractivity contribution in [1.29, 1.82) is 0 Å². The Morgan fingerprint density at radius 3 is 2.32 bits per heavy atom. The Morgan fingerprint density at radius 2 is 1.74 bits per heavy atom. The molecule has 0 radical (unpaired) electrons. The monoisotopic (exact) mass is 255 g/mol. The Kier molecular flexibility index (Phi) is 4.31. The lowest BCUT2D eigenvalue weighted by atomic mass is 10.1. The highest BCUT2D eigenvalue weighted by Gasteiger charge is 2.14. The first-order valence-electron chi connectivity index (χ1n) is 6.24. The second-order valence-corrected chi connectivity index (χ2v) is 4.49. The van der Waals surface area contributed by atoms with E-state index in [-0.39, 0.29) is 18.6 Å². The first-order chi connectivity index (χ1) is 9.20. The number of carbonyl (C=O) groups is 1. The van der Waals surface area contributed by atoms with Crippen LogP contribution in [0.2, 0.25) is 0 Å². The highest BCUT2D eigenvalue weighted by Crippen LogP contribution is 2.13. The molecule has 2 rings (SSSR count). The molecule has 0 saturated carbocycles. The SMILES string of the molecule is Cc1ccc(C(=O)N[C@@H](CO)c2ccccc2)cc1. The summed E-state index contributed by atoms with van der Waals surface area (Å²) in [5.41, 5.74) is 2.60. The zero-order valence-electron chi connectivity index (χ0n) is 10.8. The number of aliphatic hydroxyl groups excluding tert-OH is 1. The summed E-state index contributed by atoms with van der Waals surface area (Å²) in [7, 11) is 0. The van der Waals surface area contributed by atoms with Gasteiger partial charge in [-0.05, 0) is 24.6 Å². The van der Waals surface area contributed by atoms with Gasteiger partial charge < -0.3 is 10.4 Å². The molecule has 19 heavy (non-hydrogen) atoms. The average molecular weight is 255 g/mol. The van der Waals surface area contributed by atoms with Crippen LogP contribution in [0.1, 0.15) is 27.5 Å². The summed E-state index contributed by atoms with van der Waals surface area (Å²) in [4.78, 5) is 12.1. The normalized spacial score (nSPS) is 11.9. The van der Waals surface area contributed by atoms with E-state index in [1.165, 1.54) is 0 Å². The number of benzene rings is 2. The molecule has 2 aromatic rings. The van der Waals surface area contributed by atoms with E-state index in [0.29, 0.717) is 5.56 Å². The van der Waals surface area contributed by atoms with E-state index in [9.17, 15) is 9.90 Å². The maximum absolute atomic E-state index is 12.1. The molecule has 3 heteroatoms. The quantitative estimate of drug-likeness (QED) is 0.881. The number of hydrogen-bond acceptors (Lipinski definition) is 2. The fourth-order valence-electron chi connectivity index (χ4n) is 1.87. The molecule has 0 heterocycles. The first-order valence-corrected chi connectivity index (χ1v) is 6.24. The van der Waals surface area contributed by atoms with E-state index in [2.05, 4.69) is 5.32 Å². The number of aryl methyl sites for hydroxylation is 1. The molecule has 0 aromatic heterocycles. The molecular formula is C16H17NO2. The predicted octanol–water partition coefficient (Wildman–Crippen LogP) is 2.46. The number of aliphatic hydroxyl groups is 1. The van der Waals surface area contributed by atoms with Gasteiger partial charge in [-0.15, -0.1) is 0 Å². The minimum absolute atomic E-state index is 0.123. The predicted molar refractivity (Wildman–Crippen MR) is 74.9 cm³/mol. The van der Waals surface area contributed by atoms with Crippen LogP contribution >= 0.6 is 0 Å². The van der Waals surface area contributed by atoms with Crippen LogP contribution in [0.25, 0.3) is 0 Å². The van der Waals surface area contributed by atoms with Crippen LogP contribution in [0.15, 0.2) is 54.6 Å². The minimum atomic E-state index is -0.380. The summed E-state index contributed by atoms with van der Waals surface area (Å²) >= 11 is 0. The van der Waals surface area contributed by atoms with E-state index in [0.717, 1.165) is 11.1 Å². The molecular weight excluding hydrogens is 238 g/mol. The first kappa shape index (κ1) is 13.3. The number of hydrogen-bond donors (Lipinski definition) is 2. The third-order valence-electron chi connectivity index (χ3n) is 3.00. The molecule has 0 aliphatic carbocycles. The molecule has 3 nitrogen and oxygen atoms in total. The summed E-state index contributed by atoms with van der Waals surface area (Å²) in [5, 5.41) is 12.2. The molecule has 1 atom stereocenters. The molecule has 1 amide bonds. The second-order valence-electron chi connectivity index (χ2n) is 4.49. The van der Waals surface area contributed by atoms with Gasteiger partial charge in [-0.1, -0.05) is 48.0 Å². The van der Waals surface area contributed by atoms with Gasteiger partial charge in [0, 0.05) is 5.56 Å². The minimum Gasteiger partial charge on any atom is -0.394 e. The highest BCUT2D eigenvalue weighted by molar-refractivity contribution is 5.94. The summed E-state index contributed by atoms with van der Waals surface area (Å²) < 4.78 is 0. The van der Waals surface area contributed by atoms with Crippen molar-refractivity contribution in [2.45, 2.75) is 13.0 Å². The third-order valence-corrected chi connectivity index (χ3v) is 3.00. The van der Waals surface area contributed by atoms with Gasteiger partial charge in [0.15, 0.2) is 0 Å². The Labute approximate surface area is 112 Å². The summed E-state index contributed by atoms with van der Waals surface area (Å²) in [6.45, 7) is 1.85. The lowest BCUT2D eigenvalue weighted by molar-refractivity contribution is 0.0916. The zero-order valence-corrected chi connectivity index (χ0v) is 10.8. The van der Waals surface area contributed by atoms with Gasteiger partial charge in [-0.3, -0.25) is 4.79 Å². The van der Waals surface area contributed by atoms with Crippen LogP contribution in [0.3, 0.4) is 0 Å². The van der Waals surface area contributed by atoms with Crippen molar-refractivity contribution in [3.05, 3.63) is 71.3 Å². The second kappa shape index (κ2) is 6.16. The standard InChI is InChI=1S/C16H17NO2/c1-12-7-9-14(10-8-12)16(19)17-15(11-18)13-5-3-2-4-6-13/h2-10,15,18H,11H2,1H3,(H,17,19)/t15-/m0/s1. The fourth-order valence-corrected chi connectivity index (χ4v) is 1.87. The lowest BCUT2D eigenvalue weighted by Crippen LogP contribution is -2.30. The van der Waals surface area contributed by atoms with E-state index in [1.54, 1.807) is 12.1 Å². The van der Waals surface area contributed by atoms with Crippen molar-refractivity contribution in [2.24, 2.45) is 0 Å². The van der Waals surface area contributed by atoms with Crippen LogP contribution < -0.4 is 5.32 Å². The van der Waals surface area contributed by atoms with Gasteiger partial charge in [-0.2, -0.15) is 0 Å². The van der Waals surface area contributed by atoms with E-state index in [4.69, 9.17) is 0 Å². The fraction of sp³-hybridized carbons (Fsp3) is 0.188. The Bertz CT molecular complexity index is 534. The maximum atomic E-state index is 12.1. The molecule has 0 fully saturated rings.